The van der Waals surface area contributed by atoms with Crippen LogP contribution >= 0.6 is 0 Å². The van der Waals surface area contributed by atoms with Crippen LogP contribution in [0.3, 0.4) is 0 Å². The Morgan fingerprint density at radius 3 is 2.54 bits per heavy atom. The van der Waals surface area contributed by atoms with E-state index in [2.05, 4.69) is 4.98 Å². The first-order chi connectivity index (χ1) is 5.77. The van der Waals surface area contributed by atoms with Crippen molar-refractivity contribution in [3.8, 4) is 0 Å². The zero-order valence-electron chi connectivity index (χ0n) is 7.40. The molecule has 64 valence electrons. The van der Waals surface area contributed by atoms with Gasteiger partial charge in [0.05, 0.1) is 0 Å². The normalized spacial score (nSPS) is 17.6. The van der Waals surface area contributed by atoms with Crippen LogP contribution in [0.25, 0.3) is 0 Å². The molecule has 1 heterocycles. The standard InChI is InChI=1S/C8H9NO2S.Li/c10-12(11)8-4-3-7(5-9-8)6-1-2-6;/h3-6H,1-2H2,(H,10,11);/q;+1/p-1. The molecular formula is C8H8LiNO2S. The summed E-state index contributed by atoms with van der Waals surface area (Å²) >= 11 is -2.19. The molecule has 0 amide bonds. The van der Waals surface area contributed by atoms with E-state index in [4.69, 9.17) is 0 Å². The third-order valence-corrected chi connectivity index (χ3v) is 2.56. The van der Waals surface area contributed by atoms with Gasteiger partial charge in [-0.1, -0.05) is 6.07 Å². The topological polar surface area (TPSA) is 53.0 Å². The Kier molecular flexibility index (Phi) is 3.69. The van der Waals surface area contributed by atoms with Gasteiger partial charge in [0, 0.05) is 6.20 Å². The summed E-state index contributed by atoms with van der Waals surface area (Å²) < 4.78 is 20.9. The third-order valence-electron chi connectivity index (χ3n) is 1.98. The van der Waals surface area contributed by atoms with Crippen molar-refractivity contribution in [2.24, 2.45) is 0 Å². The summed E-state index contributed by atoms with van der Waals surface area (Å²) in [4.78, 5) is 3.83. The fraction of sp³-hybridized carbons (Fsp3) is 0.375. The molecule has 0 bridgehead atoms. The summed E-state index contributed by atoms with van der Waals surface area (Å²) in [7, 11) is 0. The first kappa shape index (κ1) is 10.9. The molecule has 0 saturated heterocycles. The van der Waals surface area contributed by atoms with E-state index >= 15 is 0 Å². The molecule has 0 spiro atoms. The molecule has 1 saturated carbocycles. The average Bonchev–Trinajstić information content (AvgIpc) is 2.87. The van der Waals surface area contributed by atoms with Crippen LogP contribution in [0, 0.1) is 0 Å². The molecule has 1 aliphatic carbocycles. The maximum absolute atomic E-state index is 10.4. The number of pyridine rings is 1. The van der Waals surface area contributed by atoms with Crippen LogP contribution in [0.5, 0.6) is 0 Å². The molecule has 1 fully saturated rings. The van der Waals surface area contributed by atoms with Crippen molar-refractivity contribution in [2.45, 2.75) is 23.8 Å². The van der Waals surface area contributed by atoms with Crippen molar-refractivity contribution < 1.29 is 27.6 Å². The molecule has 1 unspecified atom stereocenters. The summed E-state index contributed by atoms with van der Waals surface area (Å²) in [5, 5.41) is 0.124. The largest absolute Gasteiger partial charge is 1.00 e. The van der Waals surface area contributed by atoms with E-state index in [-0.39, 0.29) is 23.9 Å². The molecule has 0 radical (unpaired) electrons. The predicted molar refractivity (Wildman–Crippen MR) is 43.4 cm³/mol. The van der Waals surface area contributed by atoms with Crippen LogP contribution in [0.1, 0.15) is 24.3 Å². The molecule has 13 heavy (non-hydrogen) atoms. The number of rotatable bonds is 2. The molecule has 1 aromatic rings. The first-order valence-corrected chi connectivity index (χ1v) is 4.90. The minimum Gasteiger partial charge on any atom is -0.767 e. The van der Waals surface area contributed by atoms with Crippen LogP contribution in [0.15, 0.2) is 23.4 Å². The van der Waals surface area contributed by atoms with E-state index < -0.39 is 11.1 Å². The molecule has 0 aromatic carbocycles. The monoisotopic (exact) mass is 189 g/mol. The molecule has 2 rings (SSSR count). The van der Waals surface area contributed by atoms with E-state index in [1.807, 2.05) is 6.07 Å². The Morgan fingerprint density at radius 2 is 2.15 bits per heavy atom. The Balaban J connectivity index is 0.000000845. The predicted octanol–water partition coefficient (Wildman–Crippen LogP) is -1.80. The van der Waals surface area contributed by atoms with E-state index in [1.165, 1.54) is 12.8 Å². The minimum atomic E-state index is -2.19. The van der Waals surface area contributed by atoms with Gasteiger partial charge in [0.2, 0.25) is 0 Å². The number of hydrogen-bond acceptors (Lipinski definition) is 3. The average molecular weight is 189 g/mol. The van der Waals surface area contributed by atoms with Gasteiger partial charge in [0.15, 0.2) is 0 Å². The summed E-state index contributed by atoms with van der Waals surface area (Å²) in [5.74, 6) is 0.631. The maximum Gasteiger partial charge on any atom is 1.00 e. The van der Waals surface area contributed by atoms with Gasteiger partial charge >= 0.3 is 18.9 Å². The van der Waals surface area contributed by atoms with Crippen molar-refractivity contribution in [2.75, 3.05) is 0 Å². The number of aromatic nitrogens is 1. The van der Waals surface area contributed by atoms with Crippen LogP contribution in [0.4, 0.5) is 0 Å². The van der Waals surface area contributed by atoms with E-state index in [1.54, 1.807) is 12.3 Å². The molecular weight excluding hydrogens is 181 g/mol. The molecule has 3 nitrogen and oxygen atoms in total. The summed E-state index contributed by atoms with van der Waals surface area (Å²) in [6.07, 6.45) is 4.08. The fourth-order valence-corrected chi connectivity index (χ4v) is 1.47. The van der Waals surface area contributed by atoms with Crippen LogP contribution in [0.2, 0.25) is 0 Å². The molecule has 1 atom stereocenters. The van der Waals surface area contributed by atoms with Gasteiger partial charge in [-0.3, -0.25) is 4.21 Å². The summed E-state index contributed by atoms with van der Waals surface area (Å²) in [6.45, 7) is 0. The molecule has 0 N–H and O–H groups in total. The van der Waals surface area contributed by atoms with Crippen molar-refractivity contribution >= 4 is 11.1 Å². The van der Waals surface area contributed by atoms with Gasteiger partial charge in [-0.05, 0) is 41.5 Å². The van der Waals surface area contributed by atoms with Gasteiger partial charge in [-0.2, -0.15) is 0 Å². The van der Waals surface area contributed by atoms with E-state index in [0.717, 1.165) is 5.56 Å². The molecule has 0 aliphatic heterocycles. The second-order valence-electron chi connectivity index (χ2n) is 2.94. The zero-order valence-corrected chi connectivity index (χ0v) is 8.21. The third kappa shape index (κ3) is 2.65. The first-order valence-electron chi connectivity index (χ1n) is 3.82. The van der Waals surface area contributed by atoms with Gasteiger partial charge in [0.25, 0.3) is 0 Å². The van der Waals surface area contributed by atoms with Crippen molar-refractivity contribution in [1.82, 2.24) is 4.98 Å². The van der Waals surface area contributed by atoms with Crippen LogP contribution < -0.4 is 18.9 Å². The van der Waals surface area contributed by atoms with Gasteiger partial charge in [-0.25, -0.2) is 4.98 Å². The Morgan fingerprint density at radius 1 is 1.46 bits per heavy atom. The molecule has 1 aromatic heterocycles. The van der Waals surface area contributed by atoms with E-state index in [9.17, 15) is 8.76 Å². The maximum atomic E-state index is 10.4. The number of nitrogens with zero attached hydrogens (tertiary/aromatic N) is 1. The van der Waals surface area contributed by atoms with E-state index in [0.29, 0.717) is 5.92 Å². The second-order valence-corrected chi connectivity index (χ2v) is 3.83. The van der Waals surface area contributed by atoms with Crippen LogP contribution in [-0.4, -0.2) is 13.7 Å². The Labute approximate surface area is 91.4 Å². The van der Waals surface area contributed by atoms with Crippen molar-refractivity contribution in [3.63, 3.8) is 0 Å². The molecule has 1 aliphatic rings. The summed E-state index contributed by atoms with van der Waals surface area (Å²) in [6, 6.07) is 3.40. The van der Waals surface area contributed by atoms with Crippen molar-refractivity contribution in [3.05, 3.63) is 23.9 Å². The SMILES string of the molecule is O=S([O-])c1ccc(C2CC2)cn1.[Li+]. The van der Waals surface area contributed by atoms with Gasteiger partial charge < -0.3 is 4.55 Å². The van der Waals surface area contributed by atoms with Crippen molar-refractivity contribution in [1.29, 1.82) is 0 Å². The quantitative estimate of drug-likeness (QED) is 0.407. The minimum absolute atomic E-state index is 0. The zero-order chi connectivity index (χ0) is 8.55. The molecule has 5 heteroatoms. The second kappa shape index (κ2) is 4.38. The Bertz CT molecular complexity index is 310. The number of hydrogen-bond donors (Lipinski definition) is 0. The Hall–Kier alpha value is -0.143. The van der Waals surface area contributed by atoms with Gasteiger partial charge in [0.1, 0.15) is 5.03 Å². The van der Waals surface area contributed by atoms with Gasteiger partial charge in [-0.15, -0.1) is 0 Å². The summed E-state index contributed by atoms with van der Waals surface area (Å²) in [5.41, 5.74) is 1.16. The van der Waals surface area contributed by atoms with Crippen LogP contribution in [-0.2, 0) is 11.1 Å². The fourth-order valence-electron chi connectivity index (χ4n) is 1.15. The smallest absolute Gasteiger partial charge is 0.767 e.